The van der Waals surface area contributed by atoms with Crippen LogP contribution in [0.1, 0.15) is 13.8 Å². The van der Waals surface area contributed by atoms with E-state index in [1.807, 2.05) is 37.5 Å². The first-order valence-electron chi connectivity index (χ1n) is 7.36. The van der Waals surface area contributed by atoms with Gasteiger partial charge in [0.15, 0.2) is 5.57 Å². The van der Waals surface area contributed by atoms with E-state index in [2.05, 4.69) is 10.4 Å². The van der Waals surface area contributed by atoms with Gasteiger partial charge in [0.1, 0.15) is 0 Å². The third kappa shape index (κ3) is 3.29. The first-order valence-corrected chi connectivity index (χ1v) is 7.36. The number of hydrogen-bond donors (Lipinski definition) is 1. The van der Waals surface area contributed by atoms with Crippen LogP contribution in [0.4, 0.5) is 5.69 Å². The van der Waals surface area contributed by atoms with Gasteiger partial charge in [-0.1, -0.05) is 12.1 Å². The highest BCUT2D eigenvalue weighted by Crippen LogP contribution is 2.24. The third-order valence-electron chi connectivity index (χ3n) is 3.40. The van der Waals surface area contributed by atoms with E-state index in [4.69, 9.17) is 9.47 Å². The molecule has 0 amide bonds. The predicted octanol–water partition coefficient (Wildman–Crippen LogP) is 2.22. The Morgan fingerprint density at radius 2 is 1.88 bits per heavy atom. The standard InChI is InChI=1S/C17H17N3O4/c1-17(2)23-15(21)14(16(22)24-17)9-18-13-6-4-5-11(7-13)12-8-19-20(3)10-12/h4-10,18H,1-3H3. The molecule has 0 bridgehead atoms. The molecule has 0 aliphatic carbocycles. The lowest BCUT2D eigenvalue weighted by Gasteiger charge is -2.29. The van der Waals surface area contributed by atoms with Crippen LogP contribution >= 0.6 is 0 Å². The van der Waals surface area contributed by atoms with E-state index in [0.29, 0.717) is 5.69 Å². The zero-order valence-corrected chi connectivity index (χ0v) is 13.6. The summed E-state index contributed by atoms with van der Waals surface area (Å²) in [6.45, 7) is 3.01. The van der Waals surface area contributed by atoms with E-state index in [1.165, 1.54) is 20.0 Å². The SMILES string of the molecule is Cn1cc(-c2cccc(NC=C3C(=O)OC(C)(C)OC3=O)c2)cn1. The fourth-order valence-electron chi connectivity index (χ4n) is 2.29. The van der Waals surface area contributed by atoms with Gasteiger partial charge < -0.3 is 14.8 Å². The maximum atomic E-state index is 11.9. The Labute approximate surface area is 138 Å². The van der Waals surface area contributed by atoms with Gasteiger partial charge in [0.2, 0.25) is 0 Å². The predicted molar refractivity (Wildman–Crippen MR) is 86.6 cm³/mol. The summed E-state index contributed by atoms with van der Waals surface area (Å²) in [5, 5.41) is 7.07. The largest absolute Gasteiger partial charge is 0.419 e. The first-order chi connectivity index (χ1) is 11.3. The van der Waals surface area contributed by atoms with Crippen LogP contribution in [0.3, 0.4) is 0 Å². The topological polar surface area (TPSA) is 82.5 Å². The maximum Gasteiger partial charge on any atom is 0.350 e. The molecule has 1 aliphatic rings. The molecule has 1 fully saturated rings. The van der Waals surface area contributed by atoms with E-state index in [9.17, 15) is 9.59 Å². The molecule has 0 saturated carbocycles. The van der Waals surface area contributed by atoms with Crippen LogP contribution in [-0.4, -0.2) is 27.5 Å². The normalized spacial score (nSPS) is 16.4. The Morgan fingerprint density at radius 1 is 1.17 bits per heavy atom. The molecule has 1 saturated heterocycles. The van der Waals surface area contributed by atoms with Crippen molar-refractivity contribution in [3.63, 3.8) is 0 Å². The van der Waals surface area contributed by atoms with Crippen LogP contribution in [0.5, 0.6) is 0 Å². The van der Waals surface area contributed by atoms with Crippen molar-refractivity contribution in [3.05, 3.63) is 48.4 Å². The van der Waals surface area contributed by atoms with Gasteiger partial charge in [-0.25, -0.2) is 9.59 Å². The molecule has 2 aromatic rings. The average Bonchev–Trinajstić information content (AvgIpc) is 2.92. The second kappa shape index (κ2) is 5.84. The molecule has 1 aliphatic heterocycles. The molecule has 0 radical (unpaired) electrons. The Bertz CT molecular complexity index is 814. The van der Waals surface area contributed by atoms with Gasteiger partial charge in [0.05, 0.1) is 6.20 Å². The molecule has 2 heterocycles. The number of aromatic nitrogens is 2. The van der Waals surface area contributed by atoms with Gasteiger partial charge in [-0.05, 0) is 17.7 Å². The lowest BCUT2D eigenvalue weighted by molar-refractivity contribution is -0.222. The minimum atomic E-state index is -1.24. The molecule has 24 heavy (non-hydrogen) atoms. The van der Waals surface area contributed by atoms with Crippen molar-refractivity contribution in [2.45, 2.75) is 19.6 Å². The van der Waals surface area contributed by atoms with Crippen molar-refractivity contribution in [1.29, 1.82) is 0 Å². The summed E-state index contributed by atoms with van der Waals surface area (Å²) in [6, 6.07) is 7.52. The van der Waals surface area contributed by atoms with Gasteiger partial charge >= 0.3 is 11.9 Å². The molecular weight excluding hydrogens is 310 g/mol. The lowest BCUT2D eigenvalue weighted by atomic mass is 10.1. The average molecular weight is 327 g/mol. The van der Waals surface area contributed by atoms with Crippen molar-refractivity contribution in [2.75, 3.05) is 5.32 Å². The summed E-state index contributed by atoms with van der Waals surface area (Å²) in [5.41, 5.74) is 2.46. The van der Waals surface area contributed by atoms with E-state index in [0.717, 1.165) is 11.1 Å². The number of nitrogens with one attached hydrogen (secondary N) is 1. The van der Waals surface area contributed by atoms with Crippen LogP contribution < -0.4 is 5.32 Å². The number of esters is 2. The minimum Gasteiger partial charge on any atom is -0.419 e. The second-order valence-electron chi connectivity index (χ2n) is 5.86. The third-order valence-corrected chi connectivity index (χ3v) is 3.40. The zero-order chi connectivity index (χ0) is 17.3. The number of benzene rings is 1. The number of anilines is 1. The Kier molecular flexibility index (Phi) is 3.84. The number of ether oxygens (including phenoxy) is 2. The van der Waals surface area contributed by atoms with E-state index in [1.54, 1.807) is 10.9 Å². The van der Waals surface area contributed by atoms with Gasteiger partial charge in [-0.15, -0.1) is 0 Å². The quantitative estimate of drug-likeness (QED) is 0.529. The Balaban J connectivity index is 1.79. The molecule has 1 aromatic carbocycles. The molecule has 7 heteroatoms. The van der Waals surface area contributed by atoms with Crippen LogP contribution in [0.2, 0.25) is 0 Å². The number of carbonyl (C=O) groups is 2. The van der Waals surface area contributed by atoms with Gasteiger partial charge in [-0.3, -0.25) is 4.68 Å². The molecule has 0 unspecified atom stereocenters. The van der Waals surface area contributed by atoms with Crippen molar-refractivity contribution in [2.24, 2.45) is 7.05 Å². The molecule has 0 spiro atoms. The van der Waals surface area contributed by atoms with Crippen molar-refractivity contribution >= 4 is 17.6 Å². The van der Waals surface area contributed by atoms with Crippen LogP contribution in [0.15, 0.2) is 48.4 Å². The fourth-order valence-corrected chi connectivity index (χ4v) is 2.29. The number of aryl methyl sites for hydroxylation is 1. The number of rotatable bonds is 3. The number of nitrogens with zero attached hydrogens (tertiary/aromatic N) is 2. The number of cyclic esters (lactones) is 2. The summed E-state index contributed by atoms with van der Waals surface area (Å²) in [5.74, 6) is -2.68. The molecule has 1 N–H and O–H groups in total. The smallest absolute Gasteiger partial charge is 0.350 e. The van der Waals surface area contributed by atoms with Gasteiger partial charge in [0.25, 0.3) is 5.79 Å². The van der Waals surface area contributed by atoms with Gasteiger partial charge in [0, 0.05) is 44.5 Å². The molecule has 0 atom stereocenters. The highest BCUT2D eigenvalue weighted by molar-refractivity contribution is 6.15. The van der Waals surface area contributed by atoms with Crippen LogP contribution in [-0.2, 0) is 26.1 Å². The van der Waals surface area contributed by atoms with E-state index < -0.39 is 17.7 Å². The number of hydrogen-bond acceptors (Lipinski definition) is 6. The molecule has 124 valence electrons. The molecular formula is C17H17N3O4. The van der Waals surface area contributed by atoms with Crippen molar-refractivity contribution < 1.29 is 19.1 Å². The van der Waals surface area contributed by atoms with Crippen LogP contribution in [0, 0.1) is 0 Å². The fraction of sp³-hybridized carbons (Fsp3) is 0.235. The number of carbonyl (C=O) groups excluding carboxylic acids is 2. The van der Waals surface area contributed by atoms with E-state index >= 15 is 0 Å². The molecule has 1 aromatic heterocycles. The highest BCUT2D eigenvalue weighted by Gasteiger charge is 2.38. The Morgan fingerprint density at radius 3 is 2.50 bits per heavy atom. The van der Waals surface area contributed by atoms with Gasteiger partial charge in [-0.2, -0.15) is 5.10 Å². The van der Waals surface area contributed by atoms with Crippen molar-refractivity contribution in [1.82, 2.24) is 9.78 Å². The second-order valence-corrected chi connectivity index (χ2v) is 5.86. The lowest BCUT2D eigenvalue weighted by Crippen LogP contribution is -2.42. The highest BCUT2D eigenvalue weighted by atomic mass is 16.7. The maximum absolute atomic E-state index is 11.9. The minimum absolute atomic E-state index is 0.180. The Hall–Kier alpha value is -3.09. The van der Waals surface area contributed by atoms with Crippen molar-refractivity contribution in [3.8, 4) is 11.1 Å². The summed E-state index contributed by atoms with van der Waals surface area (Å²) in [6.07, 6.45) is 4.95. The van der Waals surface area contributed by atoms with E-state index in [-0.39, 0.29) is 5.57 Å². The summed E-state index contributed by atoms with van der Waals surface area (Å²) in [4.78, 5) is 23.8. The monoisotopic (exact) mass is 327 g/mol. The zero-order valence-electron chi connectivity index (χ0n) is 13.6. The summed E-state index contributed by atoms with van der Waals surface area (Å²) >= 11 is 0. The first kappa shape index (κ1) is 15.8. The van der Waals surface area contributed by atoms with Crippen LogP contribution in [0.25, 0.3) is 11.1 Å². The molecule has 3 rings (SSSR count). The molecule has 7 nitrogen and oxygen atoms in total. The summed E-state index contributed by atoms with van der Waals surface area (Å²) in [7, 11) is 1.85. The summed E-state index contributed by atoms with van der Waals surface area (Å²) < 4.78 is 11.8.